The molecule has 0 aliphatic rings. The maximum atomic E-state index is 6.20. The molecule has 0 radical (unpaired) electrons. The van der Waals surface area contributed by atoms with E-state index in [1.807, 2.05) is 64.1 Å². The van der Waals surface area contributed by atoms with Gasteiger partial charge >= 0.3 is 0 Å². The Balaban J connectivity index is 1.44. The number of unbranched alkanes of at least 4 members (excludes halogenated alkanes) is 4. The van der Waals surface area contributed by atoms with E-state index in [1.54, 1.807) is 0 Å². The van der Waals surface area contributed by atoms with Crippen LogP contribution >= 0.6 is 0 Å². The third-order valence-corrected chi connectivity index (χ3v) is 10.5. The van der Waals surface area contributed by atoms with Crippen molar-refractivity contribution in [3.05, 3.63) is 132 Å². The maximum Gasteiger partial charge on any atom is 0.132 e. The number of nitrogens with zero attached hydrogens (tertiary/aromatic N) is 2. The van der Waals surface area contributed by atoms with Crippen LogP contribution in [0.4, 0.5) is 17.1 Å². The van der Waals surface area contributed by atoms with E-state index in [0.717, 1.165) is 86.5 Å². The average Bonchev–Trinajstić information content (AvgIpc) is 3.26. The molecule has 0 fully saturated rings. The van der Waals surface area contributed by atoms with Crippen LogP contribution in [0, 0.1) is 0 Å². The number of hydrogen-bond donors (Lipinski definition) is 0. The van der Waals surface area contributed by atoms with Crippen LogP contribution in [-0.2, 0) is 12.8 Å². The summed E-state index contributed by atoms with van der Waals surface area (Å²) in [7, 11) is 0. The van der Waals surface area contributed by atoms with Crippen LogP contribution in [0.25, 0.3) is 33.6 Å². The topological polar surface area (TPSA) is 53.1 Å². The van der Waals surface area contributed by atoms with E-state index < -0.39 is 0 Å². The summed E-state index contributed by atoms with van der Waals surface area (Å²) in [6.07, 6.45) is 9.62. The van der Waals surface area contributed by atoms with E-state index in [2.05, 4.69) is 104 Å². The second-order valence-electron chi connectivity index (χ2n) is 14.8. The van der Waals surface area contributed by atoms with Gasteiger partial charge in [-0.2, -0.15) is 0 Å². The van der Waals surface area contributed by atoms with Crippen LogP contribution in [0.5, 0.6) is 23.0 Å². The Bertz CT molecular complexity index is 2070. The molecule has 1 aromatic heterocycles. The summed E-state index contributed by atoms with van der Waals surface area (Å²) in [6.45, 7) is 14.7. The van der Waals surface area contributed by atoms with Gasteiger partial charge in [-0.05, 0) is 148 Å². The van der Waals surface area contributed by atoms with E-state index >= 15 is 0 Å². The molecule has 0 saturated heterocycles. The minimum Gasteiger partial charge on any atom is -0.494 e. The van der Waals surface area contributed by atoms with Gasteiger partial charge in [0.1, 0.15) is 23.0 Å². The molecule has 0 amide bonds. The fourth-order valence-electron chi connectivity index (χ4n) is 7.50. The Hall–Kier alpha value is -5.75. The van der Waals surface area contributed by atoms with Crippen molar-refractivity contribution in [1.82, 2.24) is 4.98 Å². The number of aryl methyl sites for hydroxylation is 2. The molecule has 6 heteroatoms. The standard InChI is InChI=1S/C53H62N2O4/c1-7-13-15-17-39-19-25-43(26-20-39)55(44-27-21-40(22-28-44)18-16-14-8-2)45-29-23-41(24-30-45)42-35-50(48-33-31-46(56-9-3)37-52(48)58-11-5)54-51(36-42)49-34-32-47(57-10-4)38-53(49)59-12-6/h19-38H,7-18H2,1-6H3. The van der Waals surface area contributed by atoms with Gasteiger partial charge in [-0.25, -0.2) is 4.98 Å². The third kappa shape index (κ3) is 11.3. The molecule has 6 rings (SSSR count). The summed E-state index contributed by atoms with van der Waals surface area (Å²) < 4.78 is 24.1. The number of hydrogen-bond acceptors (Lipinski definition) is 6. The van der Waals surface area contributed by atoms with Gasteiger partial charge in [0.05, 0.1) is 37.8 Å². The highest BCUT2D eigenvalue weighted by Gasteiger charge is 2.18. The number of anilines is 3. The highest BCUT2D eigenvalue weighted by Crippen LogP contribution is 2.41. The molecule has 0 bridgehead atoms. The Labute approximate surface area is 353 Å². The molecule has 5 aromatic carbocycles. The van der Waals surface area contributed by atoms with Crippen LogP contribution in [0.3, 0.4) is 0 Å². The Kier molecular flexibility index (Phi) is 15.9. The number of rotatable bonds is 22. The van der Waals surface area contributed by atoms with Gasteiger partial charge in [0, 0.05) is 40.3 Å². The van der Waals surface area contributed by atoms with Gasteiger partial charge in [0.15, 0.2) is 0 Å². The molecule has 0 N–H and O–H groups in total. The van der Waals surface area contributed by atoms with Crippen LogP contribution in [0.1, 0.15) is 91.2 Å². The number of pyridine rings is 1. The van der Waals surface area contributed by atoms with Crippen molar-refractivity contribution in [2.24, 2.45) is 0 Å². The fourth-order valence-corrected chi connectivity index (χ4v) is 7.50. The monoisotopic (exact) mass is 790 g/mol. The predicted octanol–water partition coefficient (Wildman–Crippen LogP) is 14.6. The highest BCUT2D eigenvalue weighted by atomic mass is 16.5. The Morgan fingerprint density at radius 1 is 0.407 bits per heavy atom. The smallest absolute Gasteiger partial charge is 0.132 e. The van der Waals surface area contributed by atoms with Crippen LogP contribution < -0.4 is 23.8 Å². The molecule has 308 valence electrons. The van der Waals surface area contributed by atoms with Crippen molar-refractivity contribution in [2.75, 3.05) is 31.3 Å². The first-order valence-electron chi connectivity index (χ1n) is 21.9. The molecule has 1 heterocycles. The first-order valence-corrected chi connectivity index (χ1v) is 21.9. The van der Waals surface area contributed by atoms with E-state index in [-0.39, 0.29) is 0 Å². The van der Waals surface area contributed by atoms with Crippen molar-refractivity contribution in [3.63, 3.8) is 0 Å². The summed E-state index contributed by atoms with van der Waals surface area (Å²) in [5, 5.41) is 0. The molecule has 0 unspecified atom stereocenters. The zero-order valence-electron chi connectivity index (χ0n) is 36.1. The van der Waals surface area contributed by atoms with Crippen LogP contribution in [-0.4, -0.2) is 31.4 Å². The molecule has 6 aromatic rings. The molecule has 0 aliphatic carbocycles. The summed E-state index contributed by atoms with van der Waals surface area (Å²) in [5.41, 5.74) is 11.6. The quantitative estimate of drug-likeness (QED) is 0.0639. The van der Waals surface area contributed by atoms with E-state index in [9.17, 15) is 0 Å². The lowest BCUT2D eigenvalue weighted by Gasteiger charge is -2.26. The van der Waals surface area contributed by atoms with Crippen LogP contribution in [0.15, 0.2) is 121 Å². The Morgan fingerprint density at radius 2 is 0.814 bits per heavy atom. The predicted molar refractivity (Wildman–Crippen MR) is 246 cm³/mol. The van der Waals surface area contributed by atoms with Gasteiger partial charge < -0.3 is 23.8 Å². The first-order chi connectivity index (χ1) is 29.0. The minimum atomic E-state index is 0.517. The number of aromatic nitrogens is 1. The highest BCUT2D eigenvalue weighted by molar-refractivity contribution is 5.83. The van der Waals surface area contributed by atoms with Crippen molar-refractivity contribution in [2.45, 2.75) is 92.9 Å². The molecular weight excluding hydrogens is 729 g/mol. The maximum absolute atomic E-state index is 6.20. The first kappa shape index (κ1) is 42.8. The van der Waals surface area contributed by atoms with Gasteiger partial charge in [-0.15, -0.1) is 0 Å². The van der Waals surface area contributed by atoms with E-state index in [0.29, 0.717) is 26.4 Å². The normalized spacial score (nSPS) is 11.0. The average molecular weight is 791 g/mol. The summed E-state index contributed by atoms with van der Waals surface area (Å²) in [4.78, 5) is 7.64. The molecule has 6 nitrogen and oxygen atoms in total. The van der Waals surface area contributed by atoms with E-state index in [4.69, 9.17) is 23.9 Å². The van der Waals surface area contributed by atoms with Crippen molar-refractivity contribution in [1.29, 1.82) is 0 Å². The number of benzene rings is 5. The zero-order chi connectivity index (χ0) is 41.4. The van der Waals surface area contributed by atoms with Gasteiger partial charge in [0.2, 0.25) is 0 Å². The SMILES string of the molecule is CCCCCc1ccc(N(c2ccc(CCCCC)cc2)c2ccc(-c3cc(-c4ccc(OCC)cc4OCC)nc(-c4ccc(OCC)cc4OCC)c3)cc2)cc1. The van der Waals surface area contributed by atoms with Crippen LogP contribution in [0.2, 0.25) is 0 Å². The summed E-state index contributed by atoms with van der Waals surface area (Å²) >= 11 is 0. The molecule has 0 spiro atoms. The minimum absolute atomic E-state index is 0.517. The fraction of sp³-hybridized carbons (Fsp3) is 0.340. The molecule has 0 aliphatic heterocycles. The third-order valence-electron chi connectivity index (χ3n) is 10.5. The second kappa shape index (κ2) is 21.9. The van der Waals surface area contributed by atoms with Gasteiger partial charge in [0.25, 0.3) is 0 Å². The largest absolute Gasteiger partial charge is 0.494 e. The van der Waals surface area contributed by atoms with Crippen molar-refractivity contribution >= 4 is 17.1 Å². The summed E-state index contributed by atoms with van der Waals surface area (Å²) in [5.74, 6) is 2.98. The molecular formula is C53H62N2O4. The lowest BCUT2D eigenvalue weighted by Crippen LogP contribution is -2.10. The molecule has 0 atom stereocenters. The number of ether oxygens (including phenoxy) is 4. The lowest BCUT2D eigenvalue weighted by molar-refractivity contribution is 0.323. The second-order valence-corrected chi connectivity index (χ2v) is 14.8. The van der Waals surface area contributed by atoms with E-state index in [1.165, 1.54) is 49.7 Å². The summed E-state index contributed by atoms with van der Waals surface area (Å²) in [6, 6.07) is 43.4. The molecule has 59 heavy (non-hydrogen) atoms. The van der Waals surface area contributed by atoms with Crippen molar-refractivity contribution in [3.8, 4) is 56.6 Å². The lowest BCUT2D eigenvalue weighted by atomic mass is 9.98. The molecule has 0 saturated carbocycles. The Morgan fingerprint density at radius 3 is 1.20 bits per heavy atom. The van der Waals surface area contributed by atoms with Gasteiger partial charge in [-0.1, -0.05) is 75.9 Å². The van der Waals surface area contributed by atoms with Crippen molar-refractivity contribution < 1.29 is 18.9 Å². The zero-order valence-corrected chi connectivity index (χ0v) is 36.1. The van der Waals surface area contributed by atoms with Gasteiger partial charge in [-0.3, -0.25) is 0 Å².